The van der Waals surface area contributed by atoms with E-state index in [1.165, 1.54) is 52.0 Å². The molecule has 1 heterocycles. The van der Waals surface area contributed by atoms with Gasteiger partial charge in [0, 0.05) is 5.92 Å². The number of aliphatic hydroxyl groups is 1. The zero-order valence-corrected chi connectivity index (χ0v) is 10.3. The maximum absolute atomic E-state index is 8.91. The van der Waals surface area contributed by atoms with Gasteiger partial charge in [0.25, 0.3) is 0 Å². The molecule has 0 bridgehead atoms. The molecular weight excluding hydrogens is 200 g/mol. The maximum atomic E-state index is 8.91. The summed E-state index contributed by atoms with van der Waals surface area (Å²) in [5.74, 6) is 0.930. The van der Waals surface area contributed by atoms with Gasteiger partial charge in [0.2, 0.25) is 0 Å². The number of hydrogen-bond donors (Lipinski definition) is 3. The molecular formula is C13H26N2O+2. The van der Waals surface area contributed by atoms with Crippen LogP contribution in [0.5, 0.6) is 0 Å². The van der Waals surface area contributed by atoms with E-state index in [1.54, 1.807) is 9.80 Å². The Kier molecular flexibility index (Phi) is 4.82. The SMILES string of the molecule is OCC[NH+]1CC[NH+](C[C@H]2CC=CCC2)CC1. The molecule has 0 aromatic heterocycles. The van der Waals surface area contributed by atoms with E-state index in [9.17, 15) is 0 Å². The van der Waals surface area contributed by atoms with Crippen molar-refractivity contribution in [2.24, 2.45) is 5.92 Å². The number of nitrogens with one attached hydrogen (secondary N) is 2. The summed E-state index contributed by atoms with van der Waals surface area (Å²) in [5.41, 5.74) is 0. The predicted molar refractivity (Wildman–Crippen MR) is 64.7 cm³/mol. The third kappa shape index (κ3) is 3.58. The van der Waals surface area contributed by atoms with E-state index in [0.717, 1.165) is 12.5 Å². The fourth-order valence-corrected chi connectivity index (χ4v) is 3.02. The lowest BCUT2D eigenvalue weighted by Crippen LogP contribution is -3.28. The minimum absolute atomic E-state index is 0.345. The quantitative estimate of drug-likeness (QED) is 0.481. The van der Waals surface area contributed by atoms with Crippen molar-refractivity contribution in [1.82, 2.24) is 0 Å². The van der Waals surface area contributed by atoms with Crippen molar-refractivity contribution in [3.8, 4) is 0 Å². The molecule has 3 nitrogen and oxygen atoms in total. The molecule has 0 spiro atoms. The Labute approximate surface area is 98.7 Å². The number of rotatable bonds is 4. The van der Waals surface area contributed by atoms with Gasteiger partial charge in [-0.3, -0.25) is 0 Å². The number of hydrogen-bond acceptors (Lipinski definition) is 1. The van der Waals surface area contributed by atoms with Crippen molar-refractivity contribution in [1.29, 1.82) is 0 Å². The molecule has 0 aromatic carbocycles. The van der Waals surface area contributed by atoms with E-state index < -0.39 is 0 Å². The van der Waals surface area contributed by atoms with Crippen LogP contribution in [0.15, 0.2) is 12.2 Å². The zero-order valence-electron chi connectivity index (χ0n) is 10.3. The highest BCUT2D eigenvalue weighted by molar-refractivity contribution is 4.89. The van der Waals surface area contributed by atoms with Crippen molar-refractivity contribution in [2.75, 3.05) is 45.9 Å². The van der Waals surface area contributed by atoms with Crippen LogP contribution < -0.4 is 9.80 Å². The van der Waals surface area contributed by atoms with Gasteiger partial charge < -0.3 is 14.9 Å². The molecule has 3 N–H and O–H groups in total. The fraction of sp³-hybridized carbons (Fsp3) is 0.846. The van der Waals surface area contributed by atoms with Crippen LogP contribution in [0.4, 0.5) is 0 Å². The van der Waals surface area contributed by atoms with Gasteiger partial charge in [-0.05, 0) is 19.3 Å². The van der Waals surface area contributed by atoms with Gasteiger partial charge in [0.1, 0.15) is 32.7 Å². The molecule has 0 unspecified atom stereocenters. The second kappa shape index (κ2) is 6.38. The van der Waals surface area contributed by atoms with Crippen molar-refractivity contribution >= 4 is 0 Å². The molecule has 2 aliphatic rings. The Bertz CT molecular complexity index is 222. The van der Waals surface area contributed by atoms with Crippen LogP contribution in [-0.2, 0) is 0 Å². The lowest BCUT2D eigenvalue weighted by Gasteiger charge is -2.31. The first-order valence-corrected chi connectivity index (χ1v) is 6.81. The lowest BCUT2D eigenvalue weighted by atomic mass is 9.94. The molecule has 1 fully saturated rings. The monoisotopic (exact) mass is 226 g/mol. The standard InChI is InChI=1S/C13H24N2O/c16-11-10-14-6-8-15(9-7-14)12-13-4-2-1-3-5-13/h1-2,13,16H,3-12H2/p+2/t13-/m0/s1. The summed E-state index contributed by atoms with van der Waals surface area (Å²) >= 11 is 0. The van der Waals surface area contributed by atoms with Gasteiger partial charge in [-0.25, -0.2) is 0 Å². The van der Waals surface area contributed by atoms with E-state index in [-0.39, 0.29) is 0 Å². The Balaban J connectivity index is 1.66. The molecule has 1 saturated heterocycles. The van der Waals surface area contributed by atoms with Gasteiger partial charge in [0.05, 0.1) is 13.2 Å². The van der Waals surface area contributed by atoms with Crippen molar-refractivity contribution < 1.29 is 14.9 Å². The maximum Gasteiger partial charge on any atom is 0.127 e. The summed E-state index contributed by atoms with van der Waals surface area (Å²) in [6, 6.07) is 0. The summed E-state index contributed by atoms with van der Waals surface area (Å²) in [6.07, 6.45) is 8.68. The summed E-state index contributed by atoms with van der Waals surface area (Å²) < 4.78 is 0. The average molecular weight is 226 g/mol. The minimum Gasteiger partial charge on any atom is -0.391 e. The second-order valence-corrected chi connectivity index (χ2v) is 5.33. The molecule has 1 atom stereocenters. The topological polar surface area (TPSA) is 29.1 Å². The lowest BCUT2D eigenvalue weighted by molar-refractivity contribution is -1.01. The van der Waals surface area contributed by atoms with Crippen LogP contribution in [0, 0.1) is 5.92 Å². The van der Waals surface area contributed by atoms with Crippen LogP contribution in [0.1, 0.15) is 19.3 Å². The average Bonchev–Trinajstić information content (AvgIpc) is 2.33. The van der Waals surface area contributed by atoms with E-state index in [1.807, 2.05) is 0 Å². The molecule has 0 radical (unpaired) electrons. The van der Waals surface area contributed by atoms with Crippen LogP contribution in [0.3, 0.4) is 0 Å². The number of piperazine rings is 1. The minimum atomic E-state index is 0.345. The van der Waals surface area contributed by atoms with Gasteiger partial charge in [-0.2, -0.15) is 0 Å². The van der Waals surface area contributed by atoms with E-state index >= 15 is 0 Å². The number of quaternary nitrogens is 2. The first-order valence-electron chi connectivity index (χ1n) is 6.81. The molecule has 16 heavy (non-hydrogen) atoms. The van der Waals surface area contributed by atoms with E-state index in [0.29, 0.717) is 6.61 Å². The van der Waals surface area contributed by atoms with Crippen LogP contribution >= 0.6 is 0 Å². The normalized spacial score (nSPS) is 35.2. The third-order valence-corrected chi connectivity index (χ3v) is 4.08. The van der Waals surface area contributed by atoms with Crippen LogP contribution in [-0.4, -0.2) is 51.0 Å². The summed E-state index contributed by atoms with van der Waals surface area (Å²) in [6.45, 7) is 7.76. The third-order valence-electron chi connectivity index (χ3n) is 4.08. The van der Waals surface area contributed by atoms with Crippen molar-refractivity contribution in [2.45, 2.75) is 19.3 Å². The predicted octanol–water partition coefficient (Wildman–Crippen LogP) is -1.88. The molecule has 0 aromatic rings. The Hall–Kier alpha value is -0.380. The molecule has 0 saturated carbocycles. The van der Waals surface area contributed by atoms with E-state index in [2.05, 4.69) is 12.2 Å². The highest BCUT2D eigenvalue weighted by Crippen LogP contribution is 2.15. The highest BCUT2D eigenvalue weighted by atomic mass is 16.3. The Morgan fingerprint density at radius 1 is 1.06 bits per heavy atom. The van der Waals surface area contributed by atoms with Crippen molar-refractivity contribution in [3.05, 3.63) is 12.2 Å². The van der Waals surface area contributed by atoms with E-state index in [4.69, 9.17) is 5.11 Å². The summed E-state index contributed by atoms with van der Waals surface area (Å²) in [5, 5.41) is 8.91. The summed E-state index contributed by atoms with van der Waals surface area (Å²) in [4.78, 5) is 3.39. The van der Waals surface area contributed by atoms with Gasteiger partial charge >= 0.3 is 0 Å². The van der Waals surface area contributed by atoms with Crippen LogP contribution in [0.25, 0.3) is 0 Å². The molecule has 3 heteroatoms. The van der Waals surface area contributed by atoms with Gasteiger partial charge in [0.15, 0.2) is 0 Å². The van der Waals surface area contributed by atoms with Gasteiger partial charge in [-0.1, -0.05) is 12.2 Å². The number of aliphatic hydroxyl groups excluding tert-OH is 1. The highest BCUT2D eigenvalue weighted by Gasteiger charge is 2.24. The Morgan fingerprint density at radius 2 is 1.81 bits per heavy atom. The summed E-state index contributed by atoms with van der Waals surface area (Å²) in [7, 11) is 0. The van der Waals surface area contributed by atoms with Crippen molar-refractivity contribution in [3.63, 3.8) is 0 Å². The van der Waals surface area contributed by atoms with Crippen LogP contribution in [0.2, 0.25) is 0 Å². The largest absolute Gasteiger partial charge is 0.391 e. The first kappa shape index (κ1) is 12.1. The molecule has 92 valence electrons. The second-order valence-electron chi connectivity index (χ2n) is 5.33. The fourth-order valence-electron chi connectivity index (χ4n) is 3.02. The Morgan fingerprint density at radius 3 is 2.44 bits per heavy atom. The zero-order chi connectivity index (χ0) is 11.2. The first-order chi connectivity index (χ1) is 7.88. The number of allylic oxidation sites excluding steroid dienone is 2. The molecule has 0 amide bonds. The molecule has 1 aliphatic carbocycles. The smallest absolute Gasteiger partial charge is 0.127 e. The molecule has 2 rings (SSSR count). The molecule has 1 aliphatic heterocycles. The van der Waals surface area contributed by atoms with Gasteiger partial charge in [-0.15, -0.1) is 0 Å².